The highest BCUT2D eigenvalue weighted by Crippen LogP contribution is 2.65. The van der Waals surface area contributed by atoms with Gasteiger partial charge in [0.25, 0.3) is 0 Å². The number of allylic oxidation sites excluding steroid dienone is 4. The van der Waals surface area contributed by atoms with E-state index < -0.39 is 0 Å². The molecular formula is C8H8. The molecule has 0 aromatic rings. The van der Waals surface area contributed by atoms with Crippen molar-refractivity contribution in [2.45, 2.75) is 6.42 Å². The van der Waals surface area contributed by atoms with Gasteiger partial charge in [0, 0.05) is 5.41 Å². The van der Waals surface area contributed by atoms with Gasteiger partial charge in [0.1, 0.15) is 0 Å². The van der Waals surface area contributed by atoms with Crippen LogP contribution in [0.25, 0.3) is 0 Å². The lowest BCUT2D eigenvalue weighted by Crippen LogP contribution is -2.54. The summed E-state index contributed by atoms with van der Waals surface area (Å²) in [6, 6.07) is 0. The zero-order chi connectivity index (χ0) is 5.19. The molecule has 0 aromatic carbocycles. The van der Waals surface area contributed by atoms with Gasteiger partial charge in [-0.1, -0.05) is 24.3 Å². The lowest BCUT2D eigenvalue weighted by atomic mass is 9.42. The van der Waals surface area contributed by atoms with Crippen LogP contribution in [0.15, 0.2) is 24.3 Å². The van der Waals surface area contributed by atoms with Crippen LogP contribution < -0.4 is 0 Å². The summed E-state index contributed by atoms with van der Waals surface area (Å²) in [6.07, 6.45) is 10.9. The first-order chi connectivity index (χ1) is 3.92. The average Bonchev–Trinajstić information content (AvgIpc) is 1.62. The molecule has 3 rings (SSSR count). The molecule has 0 heteroatoms. The van der Waals surface area contributed by atoms with Crippen LogP contribution in [0.3, 0.4) is 0 Å². The van der Waals surface area contributed by atoms with Crippen molar-refractivity contribution in [1.29, 1.82) is 0 Å². The van der Waals surface area contributed by atoms with Gasteiger partial charge in [-0.05, 0) is 18.3 Å². The third-order valence-corrected chi connectivity index (χ3v) is 3.03. The van der Waals surface area contributed by atoms with Crippen molar-refractivity contribution in [2.75, 3.05) is 0 Å². The van der Waals surface area contributed by atoms with E-state index in [1.165, 1.54) is 6.42 Å². The highest BCUT2D eigenvalue weighted by atomic mass is 14.6. The Kier molecular flexibility index (Phi) is 0.313. The van der Waals surface area contributed by atoms with Gasteiger partial charge in [0.15, 0.2) is 0 Å². The van der Waals surface area contributed by atoms with E-state index >= 15 is 0 Å². The van der Waals surface area contributed by atoms with Crippen LogP contribution in [-0.2, 0) is 0 Å². The quantitative estimate of drug-likeness (QED) is 0.411. The largest absolute Gasteiger partial charge is 0.0833 e. The Morgan fingerprint density at radius 3 is 1.75 bits per heavy atom. The van der Waals surface area contributed by atoms with E-state index in [0.29, 0.717) is 5.41 Å². The lowest BCUT2D eigenvalue weighted by molar-refractivity contribution is 0.0518. The van der Waals surface area contributed by atoms with Crippen molar-refractivity contribution in [3.8, 4) is 0 Å². The van der Waals surface area contributed by atoms with Gasteiger partial charge in [-0.2, -0.15) is 0 Å². The molecule has 8 heavy (non-hydrogen) atoms. The summed E-state index contributed by atoms with van der Waals surface area (Å²) in [5, 5.41) is 0. The van der Waals surface area contributed by atoms with Gasteiger partial charge in [0.2, 0.25) is 0 Å². The minimum atomic E-state index is 0.639. The zero-order valence-corrected chi connectivity index (χ0v) is 4.67. The smallest absolute Gasteiger partial charge is 0.0187 e. The predicted octanol–water partition coefficient (Wildman–Crippen LogP) is 1.75. The molecule has 0 bridgehead atoms. The van der Waals surface area contributed by atoms with E-state index in [1.807, 2.05) is 0 Å². The molecular weight excluding hydrogens is 96.1 g/mol. The molecule has 0 heterocycles. The van der Waals surface area contributed by atoms with Crippen LogP contribution in [0.1, 0.15) is 6.42 Å². The van der Waals surface area contributed by atoms with Crippen molar-refractivity contribution in [3.05, 3.63) is 24.3 Å². The van der Waals surface area contributed by atoms with E-state index in [9.17, 15) is 0 Å². The SMILES string of the molecule is C1=CC23C=CC2CC13. The standard InChI is InChI=1S/C8H8/c1-3-8-4-2-7(8)5-6(1)8/h1-4,6-7H,5H2. The first kappa shape index (κ1) is 3.49. The first-order valence-corrected chi connectivity index (χ1v) is 3.30. The van der Waals surface area contributed by atoms with Crippen LogP contribution in [-0.4, -0.2) is 0 Å². The molecule has 0 aliphatic heterocycles. The maximum atomic E-state index is 2.37. The van der Waals surface area contributed by atoms with Crippen molar-refractivity contribution in [1.82, 2.24) is 0 Å². The number of rotatable bonds is 0. The molecule has 1 saturated carbocycles. The Balaban J connectivity index is 2.22. The summed E-state index contributed by atoms with van der Waals surface area (Å²) < 4.78 is 0. The van der Waals surface area contributed by atoms with Crippen molar-refractivity contribution < 1.29 is 0 Å². The molecule has 0 saturated heterocycles. The summed E-state index contributed by atoms with van der Waals surface area (Å²) in [5.41, 5.74) is 0.639. The Morgan fingerprint density at radius 1 is 1.12 bits per heavy atom. The Hall–Kier alpha value is -0.520. The molecule has 1 spiro atoms. The Morgan fingerprint density at radius 2 is 1.75 bits per heavy atom. The van der Waals surface area contributed by atoms with E-state index in [0.717, 1.165) is 11.8 Å². The molecule has 2 unspecified atom stereocenters. The van der Waals surface area contributed by atoms with E-state index in [2.05, 4.69) is 24.3 Å². The van der Waals surface area contributed by atoms with Crippen LogP contribution in [0, 0.1) is 17.3 Å². The third-order valence-electron chi connectivity index (χ3n) is 3.03. The monoisotopic (exact) mass is 104 g/mol. The fourth-order valence-electron chi connectivity index (χ4n) is 2.17. The summed E-state index contributed by atoms with van der Waals surface area (Å²) in [4.78, 5) is 0. The molecule has 0 N–H and O–H groups in total. The van der Waals surface area contributed by atoms with Gasteiger partial charge < -0.3 is 0 Å². The highest BCUT2D eigenvalue weighted by molar-refractivity contribution is 5.42. The van der Waals surface area contributed by atoms with Crippen LogP contribution in [0.2, 0.25) is 0 Å². The van der Waals surface area contributed by atoms with E-state index in [1.54, 1.807) is 0 Å². The molecule has 1 fully saturated rings. The van der Waals surface area contributed by atoms with Gasteiger partial charge >= 0.3 is 0 Å². The second kappa shape index (κ2) is 0.717. The maximum absolute atomic E-state index is 2.37. The summed E-state index contributed by atoms with van der Waals surface area (Å²) in [6.45, 7) is 0. The van der Waals surface area contributed by atoms with Crippen LogP contribution in [0.5, 0.6) is 0 Å². The highest BCUT2D eigenvalue weighted by Gasteiger charge is 2.58. The van der Waals surface area contributed by atoms with Crippen LogP contribution in [0.4, 0.5) is 0 Å². The van der Waals surface area contributed by atoms with Crippen molar-refractivity contribution in [3.63, 3.8) is 0 Å². The second-order valence-corrected chi connectivity index (χ2v) is 3.17. The minimum Gasteiger partial charge on any atom is -0.0833 e. The lowest BCUT2D eigenvalue weighted by Gasteiger charge is -2.62. The Labute approximate surface area is 48.9 Å². The fourth-order valence-corrected chi connectivity index (χ4v) is 2.17. The summed E-state index contributed by atoms with van der Waals surface area (Å²) >= 11 is 0. The normalized spacial score (nSPS) is 62.0. The zero-order valence-electron chi connectivity index (χ0n) is 4.67. The summed E-state index contributed by atoms with van der Waals surface area (Å²) in [7, 11) is 0. The Bertz CT molecular complexity index is 176. The molecule has 2 atom stereocenters. The average molecular weight is 104 g/mol. The molecule has 0 radical (unpaired) electrons. The van der Waals surface area contributed by atoms with E-state index in [-0.39, 0.29) is 0 Å². The molecule has 40 valence electrons. The molecule has 0 aromatic heterocycles. The van der Waals surface area contributed by atoms with Gasteiger partial charge in [-0.3, -0.25) is 0 Å². The molecule has 3 aliphatic rings. The van der Waals surface area contributed by atoms with Crippen molar-refractivity contribution in [2.24, 2.45) is 17.3 Å². The van der Waals surface area contributed by atoms with Gasteiger partial charge in [-0.15, -0.1) is 0 Å². The first-order valence-electron chi connectivity index (χ1n) is 3.30. The van der Waals surface area contributed by atoms with Crippen LogP contribution >= 0.6 is 0 Å². The minimum absolute atomic E-state index is 0.639. The number of hydrogen-bond acceptors (Lipinski definition) is 0. The topological polar surface area (TPSA) is 0 Å². The molecule has 0 amide bonds. The molecule has 0 nitrogen and oxygen atoms in total. The van der Waals surface area contributed by atoms with E-state index in [4.69, 9.17) is 0 Å². The van der Waals surface area contributed by atoms with Gasteiger partial charge in [-0.25, -0.2) is 0 Å². The molecule has 3 aliphatic carbocycles. The number of hydrogen-bond donors (Lipinski definition) is 0. The van der Waals surface area contributed by atoms with Gasteiger partial charge in [0.05, 0.1) is 0 Å². The maximum Gasteiger partial charge on any atom is 0.0187 e. The summed E-state index contributed by atoms with van der Waals surface area (Å²) in [5.74, 6) is 1.91. The second-order valence-electron chi connectivity index (χ2n) is 3.17. The predicted molar refractivity (Wildman–Crippen MR) is 32.3 cm³/mol. The fraction of sp³-hybridized carbons (Fsp3) is 0.500. The third kappa shape index (κ3) is 0.146. The van der Waals surface area contributed by atoms with Crippen molar-refractivity contribution >= 4 is 0 Å².